The van der Waals surface area contributed by atoms with Crippen LogP contribution in [0.25, 0.3) is 11.5 Å². The number of methoxy groups -OCH3 is 1. The maximum absolute atomic E-state index is 5.90. The third-order valence-electron chi connectivity index (χ3n) is 3.33. The van der Waals surface area contributed by atoms with Crippen LogP contribution in [-0.2, 0) is 6.54 Å². The van der Waals surface area contributed by atoms with Gasteiger partial charge in [0.1, 0.15) is 17.7 Å². The molecule has 7 heteroatoms. The smallest absolute Gasteiger partial charge is 0.226 e. The van der Waals surface area contributed by atoms with Crippen LogP contribution in [0, 0.1) is 0 Å². The largest absolute Gasteiger partial charge is 0.497 e. The van der Waals surface area contributed by atoms with Gasteiger partial charge in [0, 0.05) is 17.3 Å². The van der Waals surface area contributed by atoms with Gasteiger partial charge >= 0.3 is 0 Å². The molecular formula is C18H19IN4O2. The van der Waals surface area contributed by atoms with E-state index in [0.29, 0.717) is 24.1 Å². The van der Waals surface area contributed by atoms with Gasteiger partial charge < -0.3 is 20.2 Å². The maximum Gasteiger partial charge on any atom is 0.226 e. The van der Waals surface area contributed by atoms with Gasteiger partial charge in [0.25, 0.3) is 0 Å². The average Bonchev–Trinajstić information content (AvgIpc) is 3.10. The lowest BCUT2D eigenvalue weighted by atomic mass is 10.2. The lowest BCUT2D eigenvalue weighted by Gasteiger charge is -2.06. The first-order valence-electron chi connectivity index (χ1n) is 7.45. The number of aromatic nitrogens is 1. The lowest BCUT2D eigenvalue weighted by Crippen LogP contribution is -2.22. The molecule has 0 saturated heterocycles. The molecule has 25 heavy (non-hydrogen) atoms. The zero-order valence-electron chi connectivity index (χ0n) is 13.7. The first-order valence-corrected chi connectivity index (χ1v) is 7.45. The summed E-state index contributed by atoms with van der Waals surface area (Å²) >= 11 is 0. The number of benzene rings is 2. The van der Waals surface area contributed by atoms with Gasteiger partial charge in [-0.05, 0) is 24.3 Å². The van der Waals surface area contributed by atoms with E-state index in [0.717, 1.165) is 17.0 Å². The van der Waals surface area contributed by atoms with Crippen molar-refractivity contribution >= 4 is 35.6 Å². The van der Waals surface area contributed by atoms with Crippen molar-refractivity contribution in [3.63, 3.8) is 0 Å². The zero-order chi connectivity index (χ0) is 16.8. The molecule has 0 bridgehead atoms. The van der Waals surface area contributed by atoms with Gasteiger partial charge in [0.05, 0.1) is 13.7 Å². The van der Waals surface area contributed by atoms with Gasteiger partial charge in [-0.2, -0.15) is 0 Å². The van der Waals surface area contributed by atoms with Gasteiger partial charge in [-0.15, -0.1) is 24.0 Å². The third-order valence-corrected chi connectivity index (χ3v) is 3.33. The number of hydrogen-bond donors (Lipinski definition) is 2. The average molecular weight is 450 g/mol. The number of hydrogen-bond acceptors (Lipinski definition) is 4. The number of nitrogens with two attached hydrogens (primary N) is 1. The quantitative estimate of drug-likeness (QED) is 0.350. The Kier molecular flexibility index (Phi) is 6.81. The molecule has 130 valence electrons. The highest BCUT2D eigenvalue weighted by molar-refractivity contribution is 14.0. The van der Waals surface area contributed by atoms with E-state index in [1.807, 2.05) is 54.6 Å². The summed E-state index contributed by atoms with van der Waals surface area (Å²) in [5, 5.41) is 3.01. The van der Waals surface area contributed by atoms with Gasteiger partial charge in [0.2, 0.25) is 5.89 Å². The normalized spacial score (nSPS) is 10.8. The molecule has 0 aliphatic heterocycles. The molecule has 1 heterocycles. The molecule has 3 rings (SSSR count). The van der Waals surface area contributed by atoms with Crippen molar-refractivity contribution in [2.24, 2.45) is 10.7 Å². The van der Waals surface area contributed by atoms with E-state index in [-0.39, 0.29) is 24.0 Å². The fraction of sp³-hybridized carbons (Fsp3) is 0.111. The number of aliphatic imine (C=N–C) groups is 1. The Bertz CT molecular complexity index is 834. The topological polar surface area (TPSA) is 85.7 Å². The molecule has 3 aromatic rings. The summed E-state index contributed by atoms with van der Waals surface area (Å²) in [6, 6.07) is 17.2. The minimum absolute atomic E-state index is 0. The van der Waals surface area contributed by atoms with Crippen molar-refractivity contribution in [2.45, 2.75) is 6.54 Å². The number of anilines is 1. The minimum Gasteiger partial charge on any atom is -0.497 e. The van der Waals surface area contributed by atoms with Crippen molar-refractivity contribution in [2.75, 3.05) is 12.4 Å². The van der Waals surface area contributed by atoms with Crippen LogP contribution in [0.2, 0.25) is 0 Å². The van der Waals surface area contributed by atoms with Gasteiger partial charge in [0.15, 0.2) is 5.96 Å². The van der Waals surface area contributed by atoms with Gasteiger partial charge in [-0.25, -0.2) is 9.98 Å². The summed E-state index contributed by atoms with van der Waals surface area (Å²) in [5.41, 5.74) is 8.35. The van der Waals surface area contributed by atoms with Crippen molar-refractivity contribution in [3.8, 4) is 17.2 Å². The van der Waals surface area contributed by atoms with E-state index in [2.05, 4.69) is 15.3 Å². The molecule has 0 aliphatic rings. The van der Waals surface area contributed by atoms with Crippen molar-refractivity contribution in [3.05, 3.63) is 66.6 Å². The lowest BCUT2D eigenvalue weighted by molar-refractivity contribution is 0.415. The predicted molar refractivity (Wildman–Crippen MR) is 109 cm³/mol. The number of nitrogens with zero attached hydrogens (tertiary/aromatic N) is 2. The summed E-state index contributed by atoms with van der Waals surface area (Å²) in [6.45, 7) is 0.332. The molecule has 0 unspecified atom stereocenters. The van der Waals surface area contributed by atoms with Crippen LogP contribution in [-0.4, -0.2) is 18.1 Å². The number of oxazole rings is 1. The van der Waals surface area contributed by atoms with E-state index in [1.165, 1.54) is 0 Å². The number of halogens is 1. The highest BCUT2D eigenvalue weighted by Crippen LogP contribution is 2.18. The monoisotopic (exact) mass is 450 g/mol. The Balaban J connectivity index is 0.00000225. The van der Waals surface area contributed by atoms with Crippen molar-refractivity contribution < 1.29 is 9.15 Å². The Morgan fingerprint density at radius 3 is 2.76 bits per heavy atom. The molecule has 0 fully saturated rings. The van der Waals surface area contributed by atoms with Crippen LogP contribution in [0.5, 0.6) is 5.75 Å². The first kappa shape index (κ1) is 18.8. The summed E-state index contributed by atoms with van der Waals surface area (Å²) in [5.74, 6) is 1.62. The number of ether oxygens (including phenoxy) is 1. The molecule has 0 saturated carbocycles. The Morgan fingerprint density at radius 2 is 2.00 bits per heavy atom. The standard InChI is InChI=1S/C18H18N4O2.HI/c1-23-16-9-5-8-14(10-16)22-18(19)20-11-15-12-24-17(21-15)13-6-3-2-4-7-13;/h2-10,12H,11H2,1H3,(H3,19,20,22);1H. The fourth-order valence-electron chi connectivity index (χ4n) is 2.15. The molecule has 0 atom stereocenters. The Morgan fingerprint density at radius 1 is 1.20 bits per heavy atom. The fourth-order valence-corrected chi connectivity index (χ4v) is 2.15. The second-order valence-corrected chi connectivity index (χ2v) is 5.07. The summed E-state index contributed by atoms with van der Waals surface area (Å²) in [6.07, 6.45) is 1.59. The molecule has 0 spiro atoms. The first-order chi connectivity index (χ1) is 11.7. The highest BCUT2D eigenvalue weighted by Gasteiger charge is 2.06. The van der Waals surface area contributed by atoms with Crippen LogP contribution in [0.1, 0.15) is 5.69 Å². The van der Waals surface area contributed by atoms with E-state index >= 15 is 0 Å². The van der Waals surface area contributed by atoms with E-state index in [9.17, 15) is 0 Å². The second kappa shape index (κ2) is 9.07. The summed E-state index contributed by atoms with van der Waals surface area (Å²) in [4.78, 5) is 8.68. The Labute approximate surface area is 163 Å². The molecular weight excluding hydrogens is 431 g/mol. The summed E-state index contributed by atoms with van der Waals surface area (Å²) in [7, 11) is 1.62. The van der Waals surface area contributed by atoms with Crippen LogP contribution in [0.3, 0.4) is 0 Å². The number of guanidine groups is 1. The predicted octanol–water partition coefficient (Wildman–Crippen LogP) is 3.90. The molecule has 2 aromatic carbocycles. The molecule has 0 aliphatic carbocycles. The SMILES string of the molecule is COc1cccc(NC(N)=NCc2coc(-c3ccccc3)n2)c1.I. The molecule has 1 aromatic heterocycles. The van der Waals surface area contributed by atoms with Crippen LogP contribution in [0.15, 0.2) is 70.3 Å². The molecule has 3 N–H and O–H groups in total. The highest BCUT2D eigenvalue weighted by atomic mass is 127. The third kappa shape index (κ3) is 5.21. The zero-order valence-corrected chi connectivity index (χ0v) is 16.0. The molecule has 0 amide bonds. The molecule has 0 radical (unpaired) electrons. The van der Waals surface area contributed by atoms with Crippen molar-refractivity contribution in [1.82, 2.24) is 4.98 Å². The van der Waals surface area contributed by atoms with E-state index in [4.69, 9.17) is 14.9 Å². The van der Waals surface area contributed by atoms with Crippen LogP contribution < -0.4 is 15.8 Å². The number of rotatable bonds is 5. The van der Waals surface area contributed by atoms with E-state index < -0.39 is 0 Å². The van der Waals surface area contributed by atoms with Crippen LogP contribution in [0.4, 0.5) is 5.69 Å². The maximum atomic E-state index is 5.90. The van der Waals surface area contributed by atoms with Crippen molar-refractivity contribution in [1.29, 1.82) is 0 Å². The minimum atomic E-state index is 0. The van der Waals surface area contributed by atoms with Gasteiger partial charge in [-0.3, -0.25) is 0 Å². The Hall–Kier alpha value is -2.55. The molecule has 6 nitrogen and oxygen atoms in total. The summed E-state index contributed by atoms with van der Waals surface area (Å²) < 4.78 is 10.6. The van der Waals surface area contributed by atoms with Crippen LogP contribution >= 0.6 is 24.0 Å². The van der Waals surface area contributed by atoms with Gasteiger partial charge in [-0.1, -0.05) is 24.3 Å². The van der Waals surface area contributed by atoms with E-state index in [1.54, 1.807) is 13.4 Å². The number of nitrogens with one attached hydrogen (secondary N) is 1. The second-order valence-electron chi connectivity index (χ2n) is 5.07.